The number of aromatic nitrogens is 2. The highest BCUT2D eigenvalue weighted by Gasteiger charge is 2.12. The van der Waals surface area contributed by atoms with Crippen molar-refractivity contribution in [3.05, 3.63) is 30.1 Å². The van der Waals surface area contributed by atoms with Crippen LogP contribution in [0.25, 0.3) is 10.9 Å². The lowest BCUT2D eigenvalue weighted by atomic mass is 9.93. The molecule has 106 valence electrons. The van der Waals surface area contributed by atoms with Crippen molar-refractivity contribution in [1.82, 2.24) is 9.97 Å². The molecule has 0 aliphatic rings. The van der Waals surface area contributed by atoms with Gasteiger partial charge in [0.2, 0.25) is 5.88 Å². The van der Waals surface area contributed by atoms with Crippen molar-refractivity contribution >= 4 is 16.9 Å². The Kier molecular flexibility index (Phi) is 3.88. The van der Waals surface area contributed by atoms with E-state index < -0.39 is 5.97 Å². The van der Waals surface area contributed by atoms with Crippen LogP contribution in [0.4, 0.5) is 0 Å². The number of hydrogen-bond donors (Lipinski definition) is 1. The molecule has 2 aromatic rings. The molecule has 1 aromatic heterocycles. The lowest BCUT2D eigenvalue weighted by Crippen LogP contribution is -2.11. The van der Waals surface area contributed by atoms with E-state index in [-0.39, 0.29) is 11.0 Å². The van der Waals surface area contributed by atoms with Crippen LogP contribution in [0, 0.1) is 5.41 Å². The maximum Gasteiger partial charge on any atom is 0.335 e. The molecule has 0 aliphatic heterocycles. The molecule has 0 unspecified atom stereocenters. The van der Waals surface area contributed by atoms with Gasteiger partial charge >= 0.3 is 5.97 Å². The molecule has 0 aliphatic carbocycles. The smallest absolute Gasteiger partial charge is 0.335 e. The Labute approximate surface area is 117 Å². The third kappa shape index (κ3) is 3.44. The van der Waals surface area contributed by atoms with E-state index in [1.165, 1.54) is 18.5 Å². The summed E-state index contributed by atoms with van der Waals surface area (Å²) < 4.78 is 5.70. The van der Waals surface area contributed by atoms with Gasteiger partial charge in [0, 0.05) is 0 Å². The Bertz CT molecular complexity index is 633. The third-order valence-corrected chi connectivity index (χ3v) is 2.94. The number of benzene rings is 1. The van der Waals surface area contributed by atoms with Crippen molar-refractivity contribution in [3.63, 3.8) is 0 Å². The van der Waals surface area contributed by atoms with Crippen LogP contribution in [0.1, 0.15) is 37.6 Å². The predicted octanol–water partition coefficient (Wildman–Crippen LogP) is 3.14. The van der Waals surface area contributed by atoms with Crippen molar-refractivity contribution in [1.29, 1.82) is 0 Å². The van der Waals surface area contributed by atoms with Gasteiger partial charge in [-0.1, -0.05) is 20.8 Å². The second-order valence-electron chi connectivity index (χ2n) is 5.88. The molecule has 5 nitrogen and oxygen atoms in total. The summed E-state index contributed by atoms with van der Waals surface area (Å²) in [5.41, 5.74) is 0.974. The molecule has 0 atom stereocenters. The molecular weight excluding hydrogens is 256 g/mol. The van der Waals surface area contributed by atoms with Gasteiger partial charge in [-0.05, 0) is 30.0 Å². The summed E-state index contributed by atoms with van der Waals surface area (Å²) in [5, 5.41) is 9.70. The van der Waals surface area contributed by atoms with Crippen LogP contribution >= 0.6 is 0 Å². The normalized spacial score (nSPS) is 11.6. The number of carbonyl (C=O) groups is 1. The molecular formula is C15H18N2O3. The van der Waals surface area contributed by atoms with Crippen molar-refractivity contribution in [2.75, 3.05) is 6.61 Å². The molecule has 0 saturated heterocycles. The van der Waals surface area contributed by atoms with Crippen molar-refractivity contribution < 1.29 is 14.6 Å². The number of aromatic carboxylic acids is 1. The predicted molar refractivity (Wildman–Crippen MR) is 76.1 cm³/mol. The van der Waals surface area contributed by atoms with Gasteiger partial charge in [0.25, 0.3) is 0 Å². The number of rotatable bonds is 4. The van der Waals surface area contributed by atoms with Crippen molar-refractivity contribution in [2.24, 2.45) is 5.41 Å². The molecule has 5 heteroatoms. The summed E-state index contributed by atoms with van der Waals surface area (Å²) >= 11 is 0. The summed E-state index contributed by atoms with van der Waals surface area (Å²) in [5.74, 6) is -0.475. The Hall–Kier alpha value is -2.17. The van der Waals surface area contributed by atoms with Gasteiger partial charge in [-0.15, -0.1) is 0 Å². The van der Waals surface area contributed by atoms with Gasteiger partial charge in [-0.3, -0.25) is 0 Å². The Morgan fingerprint density at radius 3 is 2.70 bits per heavy atom. The number of ether oxygens (including phenoxy) is 1. The van der Waals surface area contributed by atoms with Crippen LogP contribution in [0.2, 0.25) is 0 Å². The molecule has 0 bridgehead atoms. The highest BCUT2D eigenvalue weighted by molar-refractivity contribution is 5.94. The van der Waals surface area contributed by atoms with E-state index in [0.717, 1.165) is 11.8 Å². The van der Waals surface area contributed by atoms with Gasteiger partial charge in [0.15, 0.2) is 0 Å². The molecule has 0 amide bonds. The minimum absolute atomic E-state index is 0.194. The lowest BCUT2D eigenvalue weighted by Gasteiger charge is -2.18. The monoisotopic (exact) mass is 274 g/mol. The van der Waals surface area contributed by atoms with Crippen LogP contribution in [-0.2, 0) is 0 Å². The van der Waals surface area contributed by atoms with Crippen LogP contribution < -0.4 is 4.74 Å². The SMILES string of the molecule is CC(C)(C)CCOc1ncnc2cc(C(=O)O)ccc12. The number of hydrogen-bond acceptors (Lipinski definition) is 4. The Morgan fingerprint density at radius 1 is 1.30 bits per heavy atom. The van der Waals surface area contributed by atoms with Gasteiger partial charge in [-0.2, -0.15) is 0 Å². The van der Waals surface area contributed by atoms with Gasteiger partial charge in [-0.25, -0.2) is 14.8 Å². The number of fused-ring (bicyclic) bond motifs is 1. The fourth-order valence-electron chi connectivity index (χ4n) is 1.73. The first-order chi connectivity index (χ1) is 9.37. The minimum atomic E-state index is -0.972. The molecule has 2 rings (SSSR count). The fourth-order valence-corrected chi connectivity index (χ4v) is 1.73. The summed E-state index contributed by atoms with van der Waals surface area (Å²) in [4.78, 5) is 19.1. The van der Waals surface area contributed by atoms with Crippen LogP contribution in [0.3, 0.4) is 0 Å². The van der Waals surface area contributed by atoms with E-state index in [2.05, 4.69) is 30.7 Å². The summed E-state index contributed by atoms with van der Waals surface area (Å²) in [6.07, 6.45) is 2.30. The van der Waals surface area contributed by atoms with Gasteiger partial charge in [0.1, 0.15) is 6.33 Å². The van der Waals surface area contributed by atoms with Crippen molar-refractivity contribution in [3.8, 4) is 5.88 Å². The van der Waals surface area contributed by atoms with E-state index in [1.54, 1.807) is 6.07 Å². The van der Waals surface area contributed by atoms with E-state index >= 15 is 0 Å². The topological polar surface area (TPSA) is 72.3 Å². The summed E-state index contributed by atoms with van der Waals surface area (Å²) in [6.45, 7) is 7.00. The lowest BCUT2D eigenvalue weighted by molar-refractivity contribution is 0.0697. The van der Waals surface area contributed by atoms with Gasteiger partial charge in [0.05, 0.1) is 23.1 Å². The second-order valence-corrected chi connectivity index (χ2v) is 5.88. The third-order valence-electron chi connectivity index (χ3n) is 2.94. The second kappa shape index (κ2) is 5.45. The molecule has 0 radical (unpaired) electrons. The number of carboxylic acid groups (broad SMARTS) is 1. The van der Waals surface area contributed by atoms with E-state index in [9.17, 15) is 4.79 Å². The minimum Gasteiger partial charge on any atom is -0.478 e. The maximum atomic E-state index is 10.9. The van der Waals surface area contributed by atoms with Gasteiger partial charge < -0.3 is 9.84 Å². The van der Waals surface area contributed by atoms with E-state index in [1.807, 2.05) is 0 Å². The first-order valence-electron chi connectivity index (χ1n) is 6.48. The van der Waals surface area contributed by atoms with E-state index in [0.29, 0.717) is 18.0 Å². The Morgan fingerprint density at radius 2 is 2.05 bits per heavy atom. The van der Waals surface area contributed by atoms with Crippen molar-refractivity contribution in [2.45, 2.75) is 27.2 Å². The first kappa shape index (κ1) is 14.2. The van der Waals surface area contributed by atoms with E-state index in [4.69, 9.17) is 9.84 Å². The zero-order valence-corrected chi connectivity index (χ0v) is 11.9. The van der Waals surface area contributed by atoms with Crippen LogP contribution in [0.15, 0.2) is 24.5 Å². The first-order valence-corrected chi connectivity index (χ1v) is 6.48. The number of carboxylic acids is 1. The molecule has 1 aromatic carbocycles. The highest BCUT2D eigenvalue weighted by atomic mass is 16.5. The van der Waals surface area contributed by atoms with Crippen LogP contribution in [-0.4, -0.2) is 27.7 Å². The summed E-state index contributed by atoms with van der Waals surface area (Å²) in [6, 6.07) is 4.74. The molecule has 0 saturated carbocycles. The largest absolute Gasteiger partial charge is 0.478 e. The zero-order chi connectivity index (χ0) is 14.8. The Balaban J connectivity index is 2.24. The van der Waals surface area contributed by atoms with Crippen LogP contribution in [0.5, 0.6) is 5.88 Å². The average molecular weight is 274 g/mol. The zero-order valence-electron chi connectivity index (χ0n) is 11.9. The molecule has 0 fully saturated rings. The molecule has 20 heavy (non-hydrogen) atoms. The maximum absolute atomic E-state index is 10.9. The average Bonchev–Trinajstić information content (AvgIpc) is 2.36. The number of nitrogens with zero attached hydrogens (tertiary/aromatic N) is 2. The molecule has 0 spiro atoms. The quantitative estimate of drug-likeness (QED) is 0.927. The summed E-state index contributed by atoms with van der Waals surface area (Å²) in [7, 11) is 0. The fraction of sp³-hybridized carbons (Fsp3) is 0.400. The highest BCUT2D eigenvalue weighted by Crippen LogP contribution is 2.24. The standard InChI is InChI=1S/C15H18N2O3/c1-15(2,3)6-7-20-13-11-5-4-10(14(18)19)8-12(11)16-9-17-13/h4-5,8-9H,6-7H2,1-3H3,(H,18,19). The molecule has 1 N–H and O–H groups in total. The molecule has 1 heterocycles.